The fourth-order valence-electron chi connectivity index (χ4n) is 2.49. The van der Waals surface area contributed by atoms with Crippen LogP contribution in [-0.2, 0) is 17.9 Å². The number of thioether (sulfide) groups is 1. The number of halogens is 2. The van der Waals surface area contributed by atoms with Gasteiger partial charge in [0, 0.05) is 22.3 Å². The minimum atomic E-state index is -0.390. The molecule has 1 amide bonds. The van der Waals surface area contributed by atoms with Crippen molar-refractivity contribution in [2.75, 3.05) is 5.32 Å². The molecule has 0 aliphatic heterocycles. The zero-order chi connectivity index (χ0) is 21.5. The minimum Gasteiger partial charge on any atom is -0.486 e. The van der Waals surface area contributed by atoms with Crippen molar-refractivity contribution < 1.29 is 9.53 Å². The summed E-state index contributed by atoms with van der Waals surface area (Å²) in [6.07, 6.45) is 1.75. The number of anilines is 1. The zero-order valence-corrected chi connectivity index (χ0v) is 18.5. The van der Waals surface area contributed by atoms with Crippen LogP contribution in [0.4, 0.5) is 5.69 Å². The molecule has 0 saturated heterocycles. The smallest absolute Gasteiger partial charge is 0.237 e. The standard InChI is InChI=1S/C21H20Cl2N4O2S/c1-3-12-27-19(13-29-18-10-6-16(23)7-11-18)25-26-21(27)30-14(2)20(28)24-17-8-4-15(22)5-9-17/h3-11,14H,1,12-13H2,2H3,(H,24,28). The second kappa shape index (κ2) is 10.5. The summed E-state index contributed by atoms with van der Waals surface area (Å²) in [6, 6.07) is 14.0. The van der Waals surface area contributed by atoms with E-state index < -0.39 is 5.25 Å². The lowest BCUT2D eigenvalue weighted by atomic mass is 10.3. The summed E-state index contributed by atoms with van der Waals surface area (Å²) in [6.45, 7) is 6.33. The van der Waals surface area contributed by atoms with Gasteiger partial charge in [-0.05, 0) is 55.5 Å². The SMILES string of the molecule is C=CCn1c(COc2ccc(Cl)cc2)nnc1SC(C)C(=O)Nc1ccc(Cl)cc1. The number of ether oxygens (including phenoxy) is 1. The highest BCUT2D eigenvalue weighted by atomic mass is 35.5. The van der Waals surface area contributed by atoms with Gasteiger partial charge in [0.2, 0.25) is 5.91 Å². The topological polar surface area (TPSA) is 69.0 Å². The zero-order valence-electron chi connectivity index (χ0n) is 16.2. The molecule has 1 unspecified atom stereocenters. The molecule has 6 nitrogen and oxygen atoms in total. The van der Waals surface area contributed by atoms with Crippen molar-refractivity contribution in [3.63, 3.8) is 0 Å². The molecule has 156 valence electrons. The van der Waals surface area contributed by atoms with Crippen LogP contribution in [0.5, 0.6) is 5.75 Å². The third-order valence-corrected chi connectivity index (χ3v) is 5.63. The fraction of sp³-hybridized carbons (Fsp3) is 0.190. The molecule has 0 aliphatic carbocycles. The first kappa shape index (κ1) is 22.2. The van der Waals surface area contributed by atoms with Crippen molar-refractivity contribution in [1.29, 1.82) is 0 Å². The molecule has 1 heterocycles. The Kier molecular flexibility index (Phi) is 7.79. The average molecular weight is 463 g/mol. The number of nitrogens with one attached hydrogen (secondary N) is 1. The van der Waals surface area contributed by atoms with E-state index in [9.17, 15) is 4.79 Å². The highest BCUT2D eigenvalue weighted by Gasteiger charge is 2.20. The molecule has 30 heavy (non-hydrogen) atoms. The van der Waals surface area contributed by atoms with E-state index >= 15 is 0 Å². The summed E-state index contributed by atoms with van der Waals surface area (Å²) in [5, 5.41) is 12.8. The van der Waals surface area contributed by atoms with Crippen LogP contribution in [0, 0.1) is 0 Å². The summed E-state index contributed by atoms with van der Waals surface area (Å²) < 4.78 is 7.65. The molecule has 0 bridgehead atoms. The molecule has 0 saturated carbocycles. The highest BCUT2D eigenvalue weighted by Crippen LogP contribution is 2.25. The molecule has 9 heteroatoms. The van der Waals surface area contributed by atoms with Crippen LogP contribution in [0.1, 0.15) is 12.7 Å². The average Bonchev–Trinajstić information content (AvgIpc) is 3.11. The number of benzene rings is 2. The third kappa shape index (κ3) is 6.01. The Morgan fingerprint density at radius 3 is 2.43 bits per heavy atom. The number of hydrogen-bond acceptors (Lipinski definition) is 5. The molecule has 1 N–H and O–H groups in total. The van der Waals surface area contributed by atoms with E-state index in [4.69, 9.17) is 27.9 Å². The first-order valence-electron chi connectivity index (χ1n) is 9.10. The third-order valence-electron chi connectivity index (χ3n) is 4.05. The number of amides is 1. The number of rotatable bonds is 9. The first-order valence-corrected chi connectivity index (χ1v) is 10.7. The highest BCUT2D eigenvalue weighted by molar-refractivity contribution is 8.00. The Bertz CT molecular complexity index is 1010. The number of hydrogen-bond donors (Lipinski definition) is 1. The van der Waals surface area contributed by atoms with Gasteiger partial charge in [-0.1, -0.05) is 41.0 Å². The van der Waals surface area contributed by atoms with Gasteiger partial charge in [-0.15, -0.1) is 16.8 Å². The summed E-state index contributed by atoms with van der Waals surface area (Å²) in [7, 11) is 0. The Morgan fingerprint density at radius 2 is 1.80 bits per heavy atom. The van der Waals surface area contributed by atoms with E-state index in [1.54, 1.807) is 54.6 Å². The van der Waals surface area contributed by atoms with Crippen LogP contribution in [0.15, 0.2) is 66.3 Å². The van der Waals surface area contributed by atoms with Crippen molar-refractivity contribution in [2.45, 2.75) is 30.5 Å². The van der Waals surface area contributed by atoms with Crippen molar-refractivity contribution in [3.05, 3.63) is 77.1 Å². The molecule has 0 aliphatic rings. The lowest BCUT2D eigenvalue weighted by Gasteiger charge is -2.13. The Morgan fingerprint density at radius 1 is 1.17 bits per heavy atom. The first-order chi connectivity index (χ1) is 14.5. The number of allylic oxidation sites excluding steroid dienone is 1. The number of carbonyl (C=O) groups excluding carboxylic acids is 1. The summed E-state index contributed by atoms with van der Waals surface area (Å²) >= 11 is 13.1. The van der Waals surface area contributed by atoms with Gasteiger partial charge in [0.25, 0.3) is 0 Å². The van der Waals surface area contributed by atoms with Crippen molar-refractivity contribution in [1.82, 2.24) is 14.8 Å². The minimum absolute atomic E-state index is 0.144. The van der Waals surface area contributed by atoms with Gasteiger partial charge in [-0.3, -0.25) is 9.36 Å². The van der Waals surface area contributed by atoms with Crippen LogP contribution in [0.25, 0.3) is 0 Å². The van der Waals surface area contributed by atoms with Crippen LogP contribution in [0.2, 0.25) is 10.0 Å². The molecule has 1 aromatic heterocycles. The molecular formula is C21H20Cl2N4O2S. The molecule has 3 aromatic rings. The van der Waals surface area contributed by atoms with Crippen LogP contribution < -0.4 is 10.1 Å². The Balaban J connectivity index is 1.65. The number of nitrogens with zero attached hydrogens (tertiary/aromatic N) is 3. The molecule has 0 spiro atoms. The van der Waals surface area contributed by atoms with E-state index in [1.807, 2.05) is 11.5 Å². The van der Waals surface area contributed by atoms with Gasteiger partial charge >= 0.3 is 0 Å². The maximum absolute atomic E-state index is 12.5. The van der Waals surface area contributed by atoms with Gasteiger partial charge in [-0.2, -0.15) is 0 Å². The predicted octanol–water partition coefficient (Wildman–Crippen LogP) is 5.47. The van der Waals surface area contributed by atoms with E-state index in [2.05, 4.69) is 22.1 Å². The van der Waals surface area contributed by atoms with E-state index in [0.29, 0.717) is 39.0 Å². The second-order valence-electron chi connectivity index (χ2n) is 6.30. The van der Waals surface area contributed by atoms with Gasteiger partial charge in [-0.25, -0.2) is 0 Å². The fourth-order valence-corrected chi connectivity index (χ4v) is 3.62. The van der Waals surface area contributed by atoms with E-state index in [-0.39, 0.29) is 12.5 Å². The van der Waals surface area contributed by atoms with Crippen LogP contribution in [0.3, 0.4) is 0 Å². The number of aromatic nitrogens is 3. The second-order valence-corrected chi connectivity index (χ2v) is 8.48. The molecular weight excluding hydrogens is 443 g/mol. The predicted molar refractivity (Wildman–Crippen MR) is 121 cm³/mol. The van der Waals surface area contributed by atoms with Crippen molar-refractivity contribution in [2.24, 2.45) is 0 Å². The Hall–Kier alpha value is -2.48. The largest absolute Gasteiger partial charge is 0.486 e. The van der Waals surface area contributed by atoms with Gasteiger partial charge in [0.1, 0.15) is 12.4 Å². The van der Waals surface area contributed by atoms with Gasteiger partial charge in [0.15, 0.2) is 11.0 Å². The van der Waals surface area contributed by atoms with Crippen molar-refractivity contribution in [3.8, 4) is 5.75 Å². The van der Waals surface area contributed by atoms with Gasteiger partial charge in [0.05, 0.1) is 5.25 Å². The maximum atomic E-state index is 12.5. The maximum Gasteiger partial charge on any atom is 0.237 e. The normalized spacial score (nSPS) is 11.7. The summed E-state index contributed by atoms with van der Waals surface area (Å²) in [5.74, 6) is 1.17. The molecule has 0 fully saturated rings. The molecule has 3 rings (SSSR count). The lowest BCUT2D eigenvalue weighted by molar-refractivity contribution is -0.115. The van der Waals surface area contributed by atoms with Crippen LogP contribution in [-0.4, -0.2) is 25.9 Å². The lowest BCUT2D eigenvalue weighted by Crippen LogP contribution is -2.23. The van der Waals surface area contributed by atoms with E-state index in [1.165, 1.54) is 11.8 Å². The molecule has 0 radical (unpaired) electrons. The number of carbonyl (C=O) groups is 1. The van der Waals surface area contributed by atoms with Crippen LogP contribution >= 0.6 is 35.0 Å². The summed E-state index contributed by atoms with van der Waals surface area (Å²) in [4.78, 5) is 12.5. The monoisotopic (exact) mass is 462 g/mol. The Labute approximate surface area is 189 Å². The molecule has 1 atom stereocenters. The summed E-state index contributed by atoms with van der Waals surface area (Å²) in [5.41, 5.74) is 0.682. The molecule has 2 aromatic carbocycles. The quantitative estimate of drug-likeness (QED) is 0.337. The van der Waals surface area contributed by atoms with Gasteiger partial charge < -0.3 is 10.1 Å². The van der Waals surface area contributed by atoms with E-state index in [0.717, 1.165) is 0 Å². The van der Waals surface area contributed by atoms with Crippen molar-refractivity contribution >= 4 is 46.6 Å².